The van der Waals surface area contributed by atoms with Crippen molar-refractivity contribution in [2.45, 2.75) is 52.1 Å². The summed E-state index contributed by atoms with van der Waals surface area (Å²) in [6.07, 6.45) is 5.15. The maximum atomic E-state index is 13.1. The van der Waals surface area contributed by atoms with Gasteiger partial charge in [0.1, 0.15) is 11.4 Å². The van der Waals surface area contributed by atoms with Gasteiger partial charge in [-0.2, -0.15) is 0 Å². The van der Waals surface area contributed by atoms with Gasteiger partial charge in [0.25, 0.3) is 0 Å². The van der Waals surface area contributed by atoms with E-state index in [0.717, 1.165) is 34.6 Å². The Labute approximate surface area is 220 Å². The van der Waals surface area contributed by atoms with Crippen LogP contribution in [0.25, 0.3) is 25.1 Å². The molecule has 4 aliphatic rings. The van der Waals surface area contributed by atoms with E-state index in [0.29, 0.717) is 11.3 Å². The zero-order chi connectivity index (χ0) is 25.1. The van der Waals surface area contributed by atoms with Crippen LogP contribution in [0, 0.1) is 42.9 Å². The minimum atomic E-state index is -0.284. The summed E-state index contributed by atoms with van der Waals surface area (Å²) in [4.78, 5) is 14.4. The molecule has 4 fully saturated rings. The predicted octanol–water partition coefficient (Wildman–Crippen LogP) is 8.09. The van der Waals surface area contributed by atoms with E-state index in [2.05, 4.69) is 81.4 Å². The molecule has 4 aromatic rings. The molecule has 8 rings (SSSR count). The lowest BCUT2D eigenvalue weighted by Crippen LogP contribution is -2.47. The fourth-order valence-corrected chi connectivity index (χ4v) is 11.8. The van der Waals surface area contributed by atoms with Crippen LogP contribution in [0.5, 0.6) is 5.75 Å². The Morgan fingerprint density at radius 2 is 1.54 bits per heavy atom. The Balaban J connectivity index is 1.06. The zero-order valence-electron chi connectivity index (χ0n) is 21.8. The van der Waals surface area contributed by atoms with Gasteiger partial charge in [0.15, 0.2) is 20.9 Å². The lowest BCUT2D eigenvalue weighted by Gasteiger charge is -2.41. The topological polar surface area (TPSA) is 35.5 Å². The van der Waals surface area contributed by atoms with E-state index in [1.807, 2.05) is 0 Å². The molecule has 0 saturated heterocycles. The first-order valence-corrected chi connectivity index (χ1v) is 15.0. The van der Waals surface area contributed by atoms with E-state index < -0.39 is 0 Å². The minimum absolute atomic E-state index is 0.0183. The van der Waals surface area contributed by atoms with Crippen LogP contribution in [0.4, 0.5) is 0 Å². The van der Waals surface area contributed by atoms with Gasteiger partial charge in [0.2, 0.25) is 0 Å². The molecule has 188 valence electrons. The molecule has 1 spiro atoms. The molecule has 0 radical (unpaired) electrons. The minimum Gasteiger partial charge on any atom is -0.481 e. The molecule has 4 saturated carbocycles. The summed E-state index contributed by atoms with van der Waals surface area (Å²) in [6, 6.07) is 22.0. The molecule has 2 bridgehead atoms. The highest BCUT2D eigenvalue weighted by molar-refractivity contribution is 7.50. The predicted molar refractivity (Wildman–Crippen MR) is 150 cm³/mol. The molecule has 0 aliphatic heterocycles. The lowest BCUT2D eigenvalue weighted by atomic mass is 9.72. The number of thiophene rings is 1. The first kappa shape index (κ1) is 22.2. The van der Waals surface area contributed by atoms with Crippen LogP contribution in [0.3, 0.4) is 0 Å². The number of carbonyl (C=O) groups excluding carboxylic acids is 1. The molecular formula is C33H33O3S+. The zero-order valence-corrected chi connectivity index (χ0v) is 22.6. The molecule has 37 heavy (non-hydrogen) atoms. The van der Waals surface area contributed by atoms with Gasteiger partial charge in [-0.15, -0.1) is 0 Å². The van der Waals surface area contributed by atoms with Gasteiger partial charge in [-0.3, -0.25) is 0 Å². The number of hydrogen-bond acceptors (Lipinski definition) is 3. The van der Waals surface area contributed by atoms with E-state index in [1.54, 1.807) is 0 Å². The van der Waals surface area contributed by atoms with Crippen molar-refractivity contribution in [2.24, 2.45) is 29.1 Å². The highest BCUT2D eigenvalue weighted by atomic mass is 32.2. The van der Waals surface area contributed by atoms with Gasteiger partial charge in [-0.05, 0) is 106 Å². The van der Waals surface area contributed by atoms with Crippen LogP contribution in [0.2, 0.25) is 0 Å². The van der Waals surface area contributed by atoms with Crippen molar-refractivity contribution in [1.82, 2.24) is 0 Å². The summed E-state index contributed by atoms with van der Waals surface area (Å²) in [5, 5.41) is 2.67. The fourth-order valence-electron chi connectivity index (χ4n) is 9.22. The third-order valence-corrected chi connectivity index (χ3v) is 12.9. The van der Waals surface area contributed by atoms with E-state index in [4.69, 9.17) is 9.47 Å². The van der Waals surface area contributed by atoms with Crippen molar-refractivity contribution < 1.29 is 14.3 Å². The average Bonchev–Trinajstić information content (AvgIpc) is 3.14. The van der Waals surface area contributed by atoms with Crippen LogP contribution in [-0.4, -0.2) is 18.2 Å². The second kappa shape index (κ2) is 7.38. The number of aryl methyl sites for hydroxylation is 2. The molecule has 3 aromatic carbocycles. The van der Waals surface area contributed by atoms with Crippen LogP contribution in [0.15, 0.2) is 60.7 Å². The number of hydrogen-bond donors (Lipinski definition) is 0. The summed E-state index contributed by atoms with van der Waals surface area (Å²) in [7, 11) is -0.141. The van der Waals surface area contributed by atoms with E-state index >= 15 is 0 Å². The molecule has 0 amide bonds. The Bertz CT molecular complexity index is 1540. The summed E-state index contributed by atoms with van der Waals surface area (Å²) in [6.45, 7) is 6.41. The third kappa shape index (κ3) is 2.80. The standard InChI is InChI=1S/C33H33O3S/c1-19-12-24(37-28-10-6-4-8-25(28)26-9-5-7-11-29(26)37)13-20(2)31(19)35-18-30(34)36-32(3)22-14-21-15-23-17-33(23,32)27(21)16-22/h4-13,21-23,27H,14-18H2,1-3H3/q+1. The molecule has 4 heteroatoms. The Morgan fingerprint density at radius 3 is 2.22 bits per heavy atom. The highest BCUT2D eigenvalue weighted by Crippen LogP contribution is 2.84. The SMILES string of the molecule is Cc1cc(-[s+]2c3ccccc3c3ccccc32)cc(C)c1OCC(=O)OC1(C)C2CC3CC4CC41C3C2. The van der Waals surface area contributed by atoms with E-state index in [1.165, 1.54) is 50.8 Å². The van der Waals surface area contributed by atoms with Gasteiger partial charge in [-0.1, -0.05) is 24.3 Å². The third-order valence-electron chi connectivity index (χ3n) is 10.6. The smallest absolute Gasteiger partial charge is 0.344 e. The van der Waals surface area contributed by atoms with Gasteiger partial charge < -0.3 is 9.47 Å². The molecule has 1 heterocycles. The molecule has 4 aliphatic carbocycles. The Kier molecular flexibility index (Phi) is 4.42. The number of rotatable bonds is 5. The number of esters is 1. The molecule has 1 aromatic heterocycles. The number of benzene rings is 3. The lowest BCUT2D eigenvalue weighted by molar-refractivity contribution is -0.176. The number of ether oxygens (including phenoxy) is 2. The van der Waals surface area contributed by atoms with Crippen molar-refractivity contribution in [3.05, 3.63) is 71.8 Å². The maximum Gasteiger partial charge on any atom is 0.344 e. The summed E-state index contributed by atoms with van der Waals surface area (Å²) < 4.78 is 15.3. The maximum absolute atomic E-state index is 13.1. The highest BCUT2D eigenvalue weighted by Gasteiger charge is 2.83. The molecule has 3 nitrogen and oxygen atoms in total. The number of carbonyl (C=O) groups is 1. The van der Waals surface area contributed by atoms with E-state index in [-0.39, 0.29) is 28.6 Å². The normalized spacial score (nSPS) is 32.7. The summed E-state index contributed by atoms with van der Waals surface area (Å²) in [5.41, 5.74) is 2.15. The van der Waals surface area contributed by atoms with Crippen molar-refractivity contribution >= 4 is 36.6 Å². The van der Waals surface area contributed by atoms with E-state index in [9.17, 15) is 4.79 Å². The monoisotopic (exact) mass is 509 g/mol. The summed E-state index contributed by atoms with van der Waals surface area (Å²) >= 11 is 0. The average molecular weight is 510 g/mol. The summed E-state index contributed by atoms with van der Waals surface area (Å²) in [5.74, 6) is 3.63. The number of fused-ring (bicyclic) bond motifs is 4. The molecule has 6 unspecified atom stereocenters. The van der Waals surface area contributed by atoms with Crippen molar-refractivity contribution in [3.8, 4) is 10.6 Å². The van der Waals surface area contributed by atoms with Crippen molar-refractivity contribution in [1.29, 1.82) is 0 Å². The van der Waals surface area contributed by atoms with Gasteiger partial charge in [0.05, 0.1) is 0 Å². The van der Waals surface area contributed by atoms with Crippen molar-refractivity contribution in [3.63, 3.8) is 0 Å². The van der Waals surface area contributed by atoms with Crippen molar-refractivity contribution in [2.75, 3.05) is 6.61 Å². The first-order chi connectivity index (χ1) is 17.9. The Morgan fingerprint density at radius 1 is 0.919 bits per heavy atom. The molecule has 6 atom stereocenters. The second-order valence-corrected chi connectivity index (χ2v) is 14.2. The molecular weight excluding hydrogens is 476 g/mol. The van der Waals surface area contributed by atoms with Gasteiger partial charge in [-0.25, -0.2) is 4.79 Å². The van der Waals surface area contributed by atoms with Crippen LogP contribution in [-0.2, 0) is 9.53 Å². The first-order valence-electron chi connectivity index (χ1n) is 13.8. The van der Waals surface area contributed by atoms with Gasteiger partial charge >= 0.3 is 5.97 Å². The van der Waals surface area contributed by atoms with Crippen LogP contribution in [0.1, 0.15) is 43.7 Å². The largest absolute Gasteiger partial charge is 0.481 e. The van der Waals surface area contributed by atoms with Crippen LogP contribution < -0.4 is 4.74 Å². The fraction of sp³-hybridized carbons (Fsp3) is 0.424. The van der Waals surface area contributed by atoms with Gasteiger partial charge in [0, 0.05) is 38.8 Å². The van der Waals surface area contributed by atoms with Crippen LogP contribution >= 0.6 is 10.5 Å². The molecule has 0 N–H and O–H groups in total. The Hall–Kier alpha value is -2.85. The second-order valence-electron chi connectivity index (χ2n) is 12.3. The quantitative estimate of drug-likeness (QED) is 0.201.